The molecule has 0 N–H and O–H groups in total. The van der Waals surface area contributed by atoms with E-state index in [9.17, 15) is 13.7 Å². The van der Waals surface area contributed by atoms with E-state index in [0.29, 0.717) is 96.4 Å². The van der Waals surface area contributed by atoms with Gasteiger partial charge in [0, 0.05) is 57.8 Å². The monoisotopic (exact) mass is 531 g/mol. The van der Waals surface area contributed by atoms with Gasteiger partial charge >= 0.3 is 0 Å². The lowest BCUT2D eigenvalue weighted by atomic mass is 10.5. The van der Waals surface area contributed by atoms with Crippen LogP contribution in [-0.2, 0) is 27.3 Å². The van der Waals surface area contributed by atoms with Crippen molar-refractivity contribution in [1.29, 1.82) is 0 Å². The molecule has 0 aromatic heterocycles. The van der Waals surface area contributed by atoms with Crippen LogP contribution in [0, 0.1) is 0 Å². The highest BCUT2D eigenvalue weighted by atomic mass is 31.2. The van der Waals surface area contributed by atoms with Crippen molar-refractivity contribution in [3.8, 4) is 0 Å². The highest BCUT2D eigenvalue weighted by molar-refractivity contribution is 7.59. The summed E-state index contributed by atoms with van der Waals surface area (Å²) in [5.74, 6) is 0. The van der Waals surface area contributed by atoms with E-state index in [0.717, 1.165) is 0 Å². The first kappa shape index (κ1) is 31.5. The first-order valence-electron chi connectivity index (χ1n) is 12.4. The van der Waals surface area contributed by atoms with Crippen molar-refractivity contribution in [2.45, 2.75) is 41.5 Å². The molecular weight excluding hydrogens is 483 g/mol. The SMILES string of the molecule is CCOP(=O)(CC)CN1CCN(CP(=O)(CC)OCC)CCN(CP(=O)(CC)OCC)CC1. The molecule has 0 radical (unpaired) electrons. The van der Waals surface area contributed by atoms with Gasteiger partial charge < -0.3 is 13.6 Å². The average Bonchev–Trinajstić information content (AvgIpc) is 2.86. The van der Waals surface area contributed by atoms with Gasteiger partial charge in [0.25, 0.3) is 0 Å². The summed E-state index contributed by atoms with van der Waals surface area (Å²) in [6.45, 7) is 16.9. The van der Waals surface area contributed by atoms with Gasteiger partial charge in [-0.1, -0.05) is 20.8 Å². The van der Waals surface area contributed by atoms with Crippen LogP contribution < -0.4 is 0 Å². The van der Waals surface area contributed by atoms with Gasteiger partial charge in [-0.15, -0.1) is 0 Å². The maximum absolute atomic E-state index is 13.2. The molecule has 0 saturated carbocycles. The fourth-order valence-electron chi connectivity index (χ4n) is 3.92. The number of hydrogen-bond acceptors (Lipinski definition) is 9. The molecule has 0 bridgehead atoms. The van der Waals surface area contributed by atoms with Crippen LogP contribution >= 0.6 is 22.1 Å². The summed E-state index contributed by atoms with van der Waals surface area (Å²) in [6, 6.07) is 0. The average molecular weight is 532 g/mol. The van der Waals surface area contributed by atoms with E-state index in [4.69, 9.17) is 13.6 Å². The molecular formula is C21H48N3O6P3. The predicted molar refractivity (Wildman–Crippen MR) is 139 cm³/mol. The second kappa shape index (κ2) is 15.5. The van der Waals surface area contributed by atoms with Crippen molar-refractivity contribution in [1.82, 2.24) is 14.7 Å². The van der Waals surface area contributed by atoms with Crippen molar-refractivity contribution in [2.24, 2.45) is 0 Å². The van der Waals surface area contributed by atoms with E-state index >= 15 is 0 Å². The van der Waals surface area contributed by atoms with Crippen LogP contribution in [-0.4, -0.2) is 111 Å². The lowest BCUT2D eigenvalue weighted by Crippen LogP contribution is -2.37. The second-order valence-electron chi connectivity index (χ2n) is 8.42. The normalized spacial score (nSPS) is 23.1. The number of rotatable bonds is 15. The maximum Gasteiger partial charge on any atom is 0.216 e. The highest BCUT2D eigenvalue weighted by Crippen LogP contribution is 2.49. The van der Waals surface area contributed by atoms with Gasteiger partial charge in [0.1, 0.15) is 0 Å². The lowest BCUT2D eigenvalue weighted by Gasteiger charge is -2.30. The zero-order chi connectivity index (χ0) is 25.0. The molecule has 198 valence electrons. The Hall–Kier alpha value is 0.450. The molecule has 12 heteroatoms. The topological polar surface area (TPSA) is 88.6 Å². The van der Waals surface area contributed by atoms with Crippen molar-refractivity contribution in [3.05, 3.63) is 0 Å². The zero-order valence-corrected chi connectivity index (χ0v) is 24.4. The van der Waals surface area contributed by atoms with Crippen LogP contribution in [0.15, 0.2) is 0 Å². The molecule has 0 aromatic carbocycles. The molecule has 1 fully saturated rings. The fourth-order valence-corrected chi connectivity index (χ4v) is 9.41. The first-order chi connectivity index (χ1) is 15.6. The van der Waals surface area contributed by atoms with E-state index in [1.54, 1.807) is 0 Å². The Balaban J connectivity index is 3.07. The molecule has 3 atom stereocenters. The Bertz CT molecular complexity index is 594. The third kappa shape index (κ3) is 11.4. The molecule has 0 aromatic rings. The first-order valence-corrected chi connectivity index (χ1v) is 18.4. The standard InChI is InChI=1S/C21H48N3O6P3/c1-7-28-31(25,10-4)19-22-13-15-23(20-32(26,11-5)29-8-2)17-18-24(16-14-22)21-33(27,12-6)30-9-3/h7-21H2,1-6H3. The Morgan fingerprint density at radius 2 is 0.697 bits per heavy atom. The van der Waals surface area contributed by atoms with Gasteiger partial charge in [-0.3, -0.25) is 28.4 Å². The van der Waals surface area contributed by atoms with Gasteiger partial charge in [-0.2, -0.15) is 0 Å². The Morgan fingerprint density at radius 1 is 0.485 bits per heavy atom. The predicted octanol–water partition coefficient (Wildman–Crippen LogP) is 4.78. The van der Waals surface area contributed by atoms with Gasteiger partial charge in [0.05, 0.1) is 38.7 Å². The summed E-state index contributed by atoms with van der Waals surface area (Å²) in [4.78, 5) is 6.54. The molecule has 1 saturated heterocycles. The third-order valence-corrected chi connectivity index (χ3v) is 13.6. The Labute approximate surface area is 202 Å². The Kier molecular flexibility index (Phi) is 14.8. The molecule has 1 aliphatic heterocycles. The third-order valence-electron chi connectivity index (χ3n) is 5.98. The quantitative estimate of drug-likeness (QED) is 0.277. The van der Waals surface area contributed by atoms with Crippen LogP contribution in [0.1, 0.15) is 41.5 Å². The minimum absolute atomic E-state index is 0.396. The molecule has 1 rings (SSSR count). The van der Waals surface area contributed by atoms with Crippen LogP contribution in [0.3, 0.4) is 0 Å². The summed E-state index contributed by atoms with van der Waals surface area (Å²) in [6.07, 6.45) is 2.67. The van der Waals surface area contributed by atoms with Crippen molar-refractivity contribution in [3.63, 3.8) is 0 Å². The molecule has 0 amide bonds. The highest BCUT2D eigenvalue weighted by Gasteiger charge is 2.30. The minimum atomic E-state index is -2.74. The van der Waals surface area contributed by atoms with Crippen LogP contribution in [0.2, 0.25) is 0 Å². The summed E-state index contributed by atoms with van der Waals surface area (Å²) >= 11 is 0. The largest absolute Gasteiger partial charge is 0.328 e. The fraction of sp³-hybridized carbons (Fsp3) is 1.00. The van der Waals surface area contributed by atoms with Gasteiger partial charge in [0.15, 0.2) is 0 Å². The molecule has 3 unspecified atom stereocenters. The second-order valence-corrected chi connectivity index (χ2v) is 16.8. The van der Waals surface area contributed by atoms with Crippen LogP contribution in [0.4, 0.5) is 0 Å². The van der Waals surface area contributed by atoms with E-state index in [1.807, 2.05) is 41.5 Å². The van der Waals surface area contributed by atoms with Crippen LogP contribution in [0.25, 0.3) is 0 Å². The lowest BCUT2D eigenvalue weighted by molar-refractivity contribution is 0.235. The zero-order valence-electron chi connectivity index (χ0n) is 21.7. The number of hydrogen-bond donors (Lipinski definition) is 0. The van der Waals surface area contributed by atoms with E-state index in [-0.39, 0.29) is 0 Å². The van der Waals surface area contributed by atoms with E-state index in [1.165, 1.54) is 0 Å². The van der Waals surface area contributed by atoms with Gasteiger partial charge in [-0.25, -0.2) is 0 Å². The van der Waals surface area contributed by atoms with Crippen LogP contribution in [0.5, 0.6) is 0 Å². The molecule has 1 heterocycles. The summed E-state index contributed by atoms with van der Waals surface area (Å²) < 4.78 is 56.6. The Morgan fingerprint density at radius 3 is 0.848 bits per heavy atom. The van der Waals surface area contributed by atoms with E-state index in [2.05, 4.69) is 14.7 Å². The van der Waals surface area contributed by atoms with Crippen molar-refractivity contribution in [2.75, 3.05) is 96.4 Å². The summed E-state index contributed by atoms with van der Waals surface area (Å²) in [5.41, 5.74) is 0. The summed E-state index contributed by atoms with van der Waals surface area (Å²) in [5, 5.41) is 0. The van der Waals surface area contributed by atoms with Gasteiger partial charge in [-0.05, 0) is 20.8 Å². The minimum Gasteiger partial charge on any atom is -0.328 e. The summed E-state index contributed by atoms with van der Waals surface area (Å²) in [7, 11) is -8.22. The van der Waals surface area contributed by atoms with E-state index < -0.39 is 22.1 Å². The van der Waals surface area contributed by atoms with Crippen molar-refractivity contribution >= 4 is 22.1 Å². The van der Waals surface area contributed by atoms with Crippen molar-refractivity contribution < 1.29 is 27.3 Å². The van der Waals surface area contributed by atoms with Gasteiger partial charge in [0.2, 0.25) is 22.1 Å². The molecule has 33 heavy (non-hydrogen) atoms. The molecule has 1 aliphatic rings. The smallest absolute Gasteiger partial charge is 0.216 e. The number of nitrogens with zero attached hydrogens (tertiary/aromatic N) is 3. The molecule has 9 nitrogen and oxygen atoms in total. The molecule has 0 spiro atoms. The molecule has 0 aliphatic carbocycles. The maximum atomic E-state index is 13.2.